The molecule has 2 aromatic heterocycles. The normalized spacial score (nSPS) is 10.9. The number of nitrogen functional groups attached to an aromatic ring is 1. The molecule has 0 aliphatic carbocycles. The van der Waals surface area contributed by atoms with Crippen LogP contribution >= 0.6 is 23.2 Å². The molecule has 0 amide bonds. The molecule has 0 saturated heterocycles. The van der Waals surface area contributed by atoms with Crippen LogP contribution in [0.3, 0.4) is 0 Å². The van der Waals surface area contributed by atoms with E-state index >= 15 is 0 Å². The average Bonchev–Trinajstić information content (AvgIpc) is 2.71. The van der Waals surface area contributed by atoms with E-state index in [2.05, 4.69) is 9.97 Å². The van der Waals surface area contributed by atoms with Gasteiger partial charge in [0.15, 0.2) is 0 Å². The number of halogens is 3. The molecule has 0 fully saturated rings. The van der Waals surface area contributed by atoms with Gasteiger partial charge in [-0.05, 0) is 18.2 Å². The molecule has 0 radical (unpaired) electrons. The van der Waals surface area contributed by atoms with Crippen LogP contribution in [0.2, 0.25) is 10.2 Å². The van der Waals surface area contributed by atoms with E-state index in [1.165, 1.54) is 18.3 Å². The number of nitrogens with one attached hydrogen (secondary N) is 1. The van der Waals surface area contributed by atoms with Crippen LogP contribution in [0.15, 0.2) is 30.5 Å². The molecule has 3 rings (SSSR count). The fourth-order valence-electron chi connectivity index (χ4n) is 1.80. The highest BCUT2D eigenvalue weighted by Gasteiger charge is 2.14. The van der Waals surface area contributed by atoms with E-state index in [9.17, 15) is 4.39 Å². The number of H-pyrrole nitrogens is 1. The lowest BCUT2D eigenvalue weighted by molar-refractivity contribution is 0.482. The maximum Gasteiger partial charge on any atom is 0.149 e. The molecule has 7 heteroatoms. The number of anilines is 1. The minimum atomic E-state index is -0.550. The van der Waals surface area contributed by atoms with Gasteiger partial charge in [0.2, 0.25) is 0 Å². The van der Waals surface area contributed by atoms with E-state index in [4.69, 9.17) is 33.7 Å². The van der Waals surface area contributed by atoms with Gasteiger partial charge in [0.05, 0.1) is 16.1 Å². The van der Waals surface area contributed by atoms with Crippen LogP contribution in [0.5, 0.6) is 11.5 Å². The highest BCUT2D eigenvalue weighted by Crippen LogP contribution is 2.38. The van der Waals surface area contributed by atoms with Gasteiger partial charge >= 0.3 is 0 Å². The summed E-state index contributed by atoms with van der Waals surface area (Å²) < 4.78 is 19.0. The number of hydrogen-bond acceptors (Lipinski definition) is 3. The summed E-state index contributed by atoms with van der Waals surface area (Å²) in [6, 6.07) is 5.80. The SMILES string of the molecule is Nc1ccc(Oc2ccnc3[nH]c(Cl)c(Cl)c23)cc1F. The average molecular weight is 312 g/mol. The molecule has 0 aliphatic rings. The fraction of sp³-hybridized carbons (Fsp3) is 0. The van der Waals surface area contributed by atoms with Crippen molar-refractivity contribution in [1.82, 2.24) is 9.97 Å². The first-order chi connectivity index (χ1) is 9.56. The topological polar surface area (TPSA) is 63.9 Å². The number of aromatic amines is 1. The molecule has 4 nitrogen and oxygen atoms in total. The van der Waals surface area contributed by atoms with E-state index in [0.29, 0.717) is 27.6 Å². The van der Waals surface area contributed by atoms with Crippen molar-refractivity contribution in [1.29, 1.82) is 0 Å². The molecule has 0 unspecified atom stereocenters. The summed E-state index contributed by atoms with van der Waals surface area (Å²) in [5, 5.41) is 1.12. The minimum Gasteiger partial charge on any atom is -0.456 e. The van der Waals surface area contributed by atoms with Crippen molar-refractivity contribution in [3.8, 4) is 11.5 Å². The summed E-state index contributed by atoms with van der Waals surface area (Å²) in [6.45, 7) is 0. The number of nitrogens with two attached hydrogens (primary N) is 1. The van der Waals surface area contributed by atoms with Gasteiger partial charge in [0, 0.05) is 12.3 Å². The Hall–Kier alpha value is -1.98. The fourth-order valence-corrected chi connectivity index (χ4v) is 2.22. The Balaban J connectivity index is 2.08. The quantitative estimate of drug-likeness (QED) is 0.690. The van der Waals surface area contributed by atoms with Crippen LogP contribution in [-0.2, 0) is 0 Å². The lowest BCUT2D eigenvalue weighted by Gasteiger charge is -2.07. The molecule has 2 heterocycles. The zero-order chi connectivity index (χ0) is 14.3. The van der Waals surface area contributed by atoms with Gasteiger partial charge in [-0.2, -0.15) is 0 Å². The summed E-state index contributed by atoms with van der Waals surface area (Å²) in [5.41, 5.74) is 5.97. The van der Waals surface area contributed by atoms with Crippen molar-refractivity contribution in [2.75, 3.05) is 5.73 Å². The molecule has 1 aromatic carbocycles. The Kier molecular flexibility index (Phi) is 3.16. The number of ether oxygens (including phenoxy) is 1. The lowest BCUT2D eigenvalue weighted by atomic mass is 10.3. The molecule has 20 heavy (non-hydrogen) atoms. The van der Waals surface area contributed by atoms with Crippen LogP contribution in [-0.4, -0.2) is 9.97 Å². The second-order valence-electron chi connectivity index (χ2n) is 4.07. The van der Waals surface area contributed by atoms with Gasteiger partial charge < -0.3 is 15.5 Å². The Morgan fingerprint density at radius 2 is 2.05 bits per heavy atom. The van der Waals surface area contributed by atoms with Crippen LogP contribution in [0.25, 0.3) is 11.0 Å². The first kappa shape index (κ1) is 13.0. The van der Waals surface area contributed by atoms with Gasteiger partial charge in [0.1, 0.15) is 28.1 Å². The molecule has 3 aromatic rings. The highest BCUT2D eigenvalue weighted by atomic mass is 35.5. The number of aromatic nitrogens is 2. The van der Waals surface area contributed by atoms with Crippen LogP contribution < -0.4 is 10.5 Å². The van der Waals surface area contributed by atoms with Crippen molar-refractivity contribution in [3.63, 3.8) is 0 Å². The Bertz CT molecular complexity index is 804. The molecule has 102 valence electrons. The van der Waals surface area contributed by atoms with Crippen LogP contribution in [0.4, 0.5) is 10.1 Å². The summed E-state index contributed by atoms with van der Waals surface area (Å²) in [4.78, 5) is 6.92. The maximum atomic E-state index is 13.4. The predicted octanol–water partition coefficient (Wildman–Crippen LogP) is 4.38. The number of hydrogen-bond donors (Lipinski definition) is 2. The van der Waals surface area contributed by atoms with Gasteiger partial charge in [-0.3, -0.25) is 0 Å². The number of nitrogens with zero attached hydrogens (tertiary/aromatic N) is 1. The Morgan fingerprint density at radius 1 is 1.25 bits per heavy atom. The molecular formula is C13H8Cl2FN3O. The molecule has 0 atom stereocenters. The van der Waals surface area contributed by atoms with Crippen LogP contribution in [0.1, 0.15) is 0 Å². The Morgan fingerprint density at radius 3 is 2.80 bits per heavy atom. The van der Waals surface area contributed by atoms with E-state index in [1.54, 1.807) is 12.1 Å². The van der Waals surface area contributed by atoms with Crippen molar-refractivity contribution >= 4 is 39.9 Å². The van der Waals surface area contributed by atoms with Gasteiger partial charge in [-0.25, -0.2) is 9.37 Å². The number of pyridine rings is 1. The van der Waals surface area contributed by atoms with E-state index in [-0.39, 0.29) is 10.8 Å². The van der Waals surface area contributed by atoms with E-state index in [1.807, 2.05) is 0 Å². The summed E-state index contributed by atoms with van der Waals surface area (Å²) >= 11 is 12.0. The number of benzene rings is 1. The third kappa shape index (κ3) is 2.15. The standard InChI is InChI=1S/C13H8Cl2FN3O/c14-11-10-9(3-4-18-13(10)19-12(11)15)20-6-1-2-8(17)7(16)5-6/h1-5H,17H2,(H,18,19). The zero-order valence-corrected chi connectivity index (χ0v) is 11.5. The smallest absolute Gasteiger partial charge is 0.149 e. The Labute approximate surface area is 123 Å². The zero-order valence-electron chi connectivity index (χ0n) is 9.95. The molecular weight excluding hydrogens is 304 g/mol. The third-order valence-electron chi connectivity index (χ3n) is 2.75. The number of rotatable bonds is 2. The van der Waals surface area contributed by atoms with Crippen molar-refractivity contribution in [2.24, 2.45) is 0 Å². The molecule has 3 N–H and O–H groups in total. The first-order valence-corrected chi connectivity index (χ1v) is 6.36. The van der Waals surface area contributed by atoms with Crippen LogP contribution in [0, 0.1) is 5.82 Å². The lowest BCUT2D eigenvalue weighted by Crippen LogP contribution is -1.92. The van der Waals surface area contributed by atoms with Gasteiger partial charge in [-0.15, -0.1) is 0 Å². The maximum absolute atomic E-state index is 13.4. The second kappa shape index (κ2) is 4.85. The van der Waals surface area contributed by atoms with Gasteiger partial charge in [-0.1, -0.05) is 23.2 Å². The molecule has 0 aliphatic heterocycles. The molecule has 0 bridgehead atoms. The molecule has 0 spiro atoms. The summed E-state index contributed by atoms with van der Waals surface area (Å²) in [5.74, 6) is 0.177. The van der Waals surface area contributed by atoms with Gasteiger partial charge in [0.25, 0.3) is 0 Å². The number of fused-ring (bicyclic) bond motifs is 1. The monoisotopic (exact) mass is 311 g/mol. The second-order valence-corrected chi connectivity index (χ2v) is 4.83. The first-order valence-electron chi connectivity index (χ1n) is 5.61. The van der Waals surface area contributed by atoms with E-state index in [0.717, 1.165) is 0 Å². The highest BCUT2D eigenvalue weighted by molar-refractivity contribution is 6.45. The minimum absolute atomic E-state index is 0.0555. The third-order valence-corrected chi connectivity index (χ3v) is 3.51. The largest absolute Gasteiger partial charge is 0.456 e. The van der Waals surface area contributed by atoms with Crippen molar-refractivity contribution in [3.05, 3.63) is 46.5 Å². The van der Waals surface area contributed by atoms with Crippen molar-refractivity contribution in [2.45, 2.75) is 0 Å². The summed E-state index contributed by atoms with van der Waals surface area (Å²) in [7, 11) is 0. The van der Waals surface area contributed by atoms with E-state index < -0.39 is 5.82 Å². The van der Waals surface area contributed by atoms with Crippen molar-refractivity contribution < 1.29 is 9.13 Å². The molecule has 0 saturated carbocycles. The summed E-state index contributed by atoms with van der Waals surface area (Å²) in [6.07, 6.45) is 1.54. The predicted molar refractivity (Wildman–Crippen MR) is 77.0 cm³/mol.